The third kappa shape index (κ3) is 9.71. The van der Waals surface area contributed by atoms with Crippen LogP contribution in [0.3, 0.4) is 0 Å². The molecule has 6 nitrogen and oxygen atoms in total. The van der Waals surface area contributed by atoms with E-state index in [2.05, 4.69) is 34.2 Å². The normalized spacial score (nSPS) is 19.8. The van der Waals surface area contributed by atoms with Crippen molar-refractivity contribution in [3.63, 3.8) is 0 Å². The Kier molecular flexibility index (Phi) is 8.81. The Balaban J connectivity index is 0.00000484. The molecule has 3 N–H and O–H groups in total. The summed E-state index contributed by atoms with van der Waals surface area (Å²) in [5, 5.41) is 6.65. The van der Waals surface area contributed by atoms with Gasteiger partial charge in [0.25, 0.3) is 0 Å². The van der Waals surface area contributed by atoms with Crippen molar-refractivity contribution in [1.82, 2.24) is 15.4 Å². The molecule has 0 aromatic rings. The standard InChI is InChI=1S/C15H32N4O2S.HI/c1-14(2)9-7-12(8-10-14)18-13(16-5)17-11-15(3,4)19-22(6,20)21;/h12,19H,7-11H2,1-6H3,(H2,16,17,18);1H. The van der Waals surface area contributed by atoms with Crippen LogP contribution in [0.15, 0.2) is 4.99 Å². The van der Waals surface area contributed by atoms with E-state index in [9.17, 15) is 8.42 Å². The molecule has 0 unspecified atom stereocenters. The summed E-state index contributed by atoms with van der Waals surface area (Å²) in [6.45, 7) is 8.79. The average Bonchev–Trinajstić information content (AvgIpc) is 2.33. The Bertz CT molecular complexity index is 494. The zero-order valence-electron chi connectivity index (χ0n) is 15.2. The van der Waals surface area contributed by atoms with Gasteiger partial charge in [0.15, 0.2) is 5.96 Å². The van der Waals surface area contributed by atoms with Gasteiger partial charge in [-0.3, -0.25) is 4.99 Å². The Morgan fingerprint density at radius 1 is 1.26 bits per heavy atom. The highest BCUT2D eigenvalue weighted by atomic mass is 127. The quantitative estimate of drug-likeness (QED) is 0.333. The maximum atomic E-state index is 11.4. The summed E-state index contributed by atoms with van der Waals surface area (Å²) in [7, 11) is -1.49. The van der Waals surface area contributed by atoms with Crippen molar-refractivity contribution in [3.8, 4) is 0 Å². The van der Waals surface area contributed by atoms with Gasteiger partial charge in [0, 0.05) is 25.2 Å². The van der Waals surface area contributed by atoms with E-state index in [1.807, 2.05) is 13.8 Å². The van der Waals surface area contributed by atoms with Crippen molar-refractivity contribution in [1.29, 1.82) is 0 Å². The third-order valence-corrected chi connectivity index (χ3v) is 4.99. The molecule has 0 amide bonds. The van der Waals surface area contributed by atoms with Crippen LogP contribution in [0.2, 0.25) is 0 Å². The van der Waals surface area contributed by atoms with Crippen molar-refractivity contribution in [2.24, 2.45) is 10.4 Å². The van der Waals surface area contributed by atoms with Crippen LogP contribution >= 0.6 is 24.0 Å². The Morgan fingerprint density at radius 3 is 2.22 bits per heavy atom. The van der Waals surface area contributed by atoms with Crippen LogP contribution in [0, 0.1) is 5.41 Å². The van der Waals surface area contributed by atoms with Crippen LogP contribution in [0.1, 0.15) is 53.4 Å². The minimum atomic E-state index is -3.23. The largest absolute Gasteiger partial charge is 0.355 e. The molecule has 0 radical (unpaired) electrons. The second kappa shape index (κ2) is 8.84. The average molecular weight is 460 g/mol. The fraction of sp³-hybridized carbons (Fsp3) is 0.933. The molecule has 0 aromatic heterocycles. The molecule has 8 heteroatoms. The molecular formula is C15H33IN4O2S. The first kappa shape index (κ1) is 22.9. The molecule has 1 rings (SSSR count). The molecule has 0 aliphatic heterocycles. The lowest BCUT2D eigenvalue weighted by Crippen LogP contribution is -2.54. The van der Waals surface area contributed by atoms with E-state index >= 15 is 0 Å². The van der Waals surface area contributed by atoms with Gasteiger partial charge in [-0.15, -0.1) is 24.0 Å². The molecule has 0 saturated heterocycles. The van der Waals surface area contributed by atoms with Crippen LogP contribution in [-0.4, -0.2) is 45.8 Å². The Labute approximate surface area is 158 Å². The maximum Gasteiger partial charge on any atom is 0.209 e. The molecule has 1 fully saturated rings. The number of nitrogens with zero attached hydrogens (tertiary/aromatic N) is 1. The highest BCUT2D eigenvalue weighted by Crippen LogP contribution is 2.34. The smallest absolute Gasteiger partial charge is 0.209 e. The van der Waals surface area contributed by atoms with Gasteiger partial charge < -0.3 is 10.6 Å². The molecule has 1 aliphatic carbocycles. The molecule has 0 bridgehead atoms. The fourth-order valence-electron chi connectivity index (χ4n) is 2.77. The number of sulfonamides is 1. The minimum Gasteiger partial charge on any atom is -0.355 e. The van der Waals surface area contributed by atoms with E-state index in [1.54, 1.807) is 7.05 Å². The predicted octanol–water partition coefficient (Wildman–Crippen LogP) is 2.07. The van der Waals surface area contributed by atoms with Gasteiger partial charge in [0.2, 0.25) is 10.0 Å². The number of halogens is 1. The summed E-state index contributed by atoms with van der Waals surface area (Å²) < 4.78 is 25.3. The summed E-state index contributed by atoms with van der Waals surface area (Å²) in [6.07, 6.45) is 5.87. The lowest BCUT2D eigenvalue weighted by molar-refractivity contribution is 0.216. The summed E-state index contributed by atoms with van der Waals surface area (Å²) in [6, 6.07) is 0.435. The third-order valence-electron chi connectivity index (χ3n) is 4.06. The van der Waals surface area contributed by atoms with Gasteiger partial charge in [-0.05, 0) is 44.9 Å². The molecule has 1 aliphatic rings. The first-order chi connectivity index (χ1) is 9.92. The topological polar surface area (TPSA) is 82.6 Å². The number of aliphatic imine (C=N–C) groups is 1. The first-order valence-corrected chi connectivity index (χ1v) is 9.78. The SMILES string of the molecule is CN=C(NCC(C)(C)NS(C)(=O)=O)NC1CCC(C)(C)CC1.I. The highest BCUT2D eigenvalue weighted by Gasteiger charge is 2.27. The zero-order valence-corrected chi connectivity index (χ0v) is 18.3. The molecule has 1 saturated carbocycles. The van der Waals surface area contributed by atoms with Gasteiger partial charge in [0.1, 0.15) is 0 Å². The van der Waals surface area contributed by atoms with E-state index in [4.69, 9.17) is 0 Å². The van der Waals surface area contributed by atoms with Crippen molar-refractivity contribution in [3.05, 3.63) is 0 Å². The van der Waals surface area contributed by atoms with Gasteiger partial charge in [-0.2, -0.15) is 0 Å². The molecule has 138 valence electrons. The lowest BCUT2D eigenvalue weighted by Gasteiger charge is -2.35. The molecule has 0 spiro atoms. The van der Waals surface area contributed by atoms with Crippen molar-refractivity contribution >= 4 is 40.0 Å². The predicted molar refractivity (Wildman–Crippen MR) is 108 cm³/mol. The van der Waals surface area contributed by atoms with Crippen LogP contribution in [0.4, 0.5) is 0 Å². The van der Waals surface area contributed by atoms with E-state index in [0.717, 1.165) is 18.8 Å². The minimum absolute atomic E-state index is 0. The summed E-state index contributed by atoms with van der Waals surface area (Å²) in [5.74, 6) is 0.730. The van der Waals surface area contributed by atoms with E-state index in [1.165, 1.54) is 19.1 Å². The second-order valence-electron chi connectivity index (χ2n) is 7.77. The first-order valence-electron chi connectivity index (χ1n) is 7.89. The van der Waals surface area contributed by atoms with E-state index < -0.39 is 15.6 Å². The molecule has 0 aromatic carbocycles. The van der Waals surface area contributed by atoms with E-state index in [0.29, 0.717) is 18.0 Å². The van der Waals surface area contributed by atoms with Gasteiger partial charge in [-0.1, -0.05) is 13.8 Å². The number of hydrogen-bond acceptors (Lipinski definition) is 3. The van der Waals surface area contributed by atoms with Crippen LogP contribution in [0.5, 0.6) is 0 Å². The van der Waals surface area contributed by atoms with Crippen molar-refractivity contribution in [2.75, 3.05) is 19.8 Å². The maximum absolute atomic E-state index is 11.4. The number of guanidine groups is 1. The van der Waals surface area contributed by atoms with Crippen LogP contribution in [0.25, 0.3) is 0 Å². The summed E-state index contributed by atoms with van der Waals surface area (Å²) in [5.41, 5.74) is -0.129. The van der Waals surface area contributed by atoms with Crippen LogP contribution in [-0.2, 0) is 10.0 Å². The van der Waals surface area contributed by atoms with Crippen molar-refractivity contribution in [2.45, 2.75) is 65.0 Å². The Morgan fingerprint density at radius 2 is 1.78 bits per heavy atom. The number of rotatable bonds is 5. The van der Waals surface area contributed by atoms with Gasteiger partial charge >= 0.3 is 0 Å². The lowest BCUT2D eigenvalue weighted by atomic mass is 9.75. The Hall–Kier alpha value is -0.0900. The van der Waals surface area contributed by atoms with Crippen molar-refractivity contribution < 1.29 is 8.42 Å². The number of hydrogen-bond donors (Lipinski definition) is 3. The second-order valence-corrected chi connectivity index (χ2v) is 9.52. The number of nitrogens with one attached hydrogen (secondary N) is 3. The van der Waals surface area contributed by atoms with Gasteiger partial charge in [0.05, 0.1) is 6.26 Å². The highest BCUT2D eigenvalue weighted by molar-refractivity contribution is 14.0. The summed E-state index contributed by atoms with van der Waals surface area (Å²) >= 11 is 0. The summed E-state index contributed by atoms with van der Waals surface area (Å²) in [4.78, 5) is 4.24. The van der Waals surface area contributed by atoms with E-state index in [-0.39, 0.29) is 24.0 Å². The molecule has 0 atom stereocenters. The van der Waals surface area contributed by atoms with Gasteiger partial charge in [-0.25, -0.2) is 13.1 Å². The fourth-order valence-corrected chi connectivity index (χ4v) is 3.85. The molecule has 0 heterocycles. The zero-order chi connectivity index (χ0) is 17.0. The monoisotopic (exact) mass is 460 g/mol. The molecular weight excluding hydrogens is 427 g/mol. The molecule has 23 heavy (non-hydrogen) atoms. The van der Waals surface area contributed by atoms with Crippen LogP contribution < -0.4 is 15.4 Å².